The Labute approximate surface area is 187 Å². The average molecular weight is 436 g/mol. The lowest BCUT2D eigenvalue weighted by atomic mass is 9.65. The number of ether oxygens (including phenoxy) is 2. The minimum atomic E-state index is -0.601. The second-order valence-electron chi connectivity index (χ2n) is 10.3. The lowest BCUT2D eigenvalue weighted by Crippen LogP contribution is -2.43. The third kappa shape index (κ3) is 5.98. The van der Waals surface area contributed by atoms with Crippen molar-refractivity contribution in [3.05, 3.63) is 23.8 Å². The summed E-state index contributed by atoms with van der Waals surface area (Å²) >= 11 is 0. The molecule has 3 aliphatic rings. The van der Waals surface area contributed by atoms with Crippen LogP contribution in [0.5, 0.6) is 0 Å². The molecule has 0 aromatic rings. The smallest absolute Gasteiger partial charge is 0.311 e. The summed E-state index contributed by atoms with van der Waals surface area (Å²) in [6.07, 6.45) is 9.61. The summed E-state index contributed by atoms with van der Waals surface area (Å²) in [4.78, 5) is 24.6. The summed E-state index contributed by atoms with van der Waals surface area (Å²) in [6, 6.07) is 0. The molecule has 176 valence electrons. The largest absolute Gasteiger partial charge is 0.462 e. The van der Waals surface area contributed by atoms with Crippen LogP contribution in [0.25, 0.3) is 0 Å². The van der Waals surface area contributed by atoms with Crippen molar-refractivity contribution in [3.63, 3.8) is 0 Å². The summed E-state index contributed by atoms with van der Waals surface area (Å²) in [5.74, 6) is 0.776. The van der Waals surface area contributed by atoms with Crippen LogP contribution >= 0.6 is 0 Å². The molecule has 1 heterocycles. The van der Waals surface area contributed by atoms with Gasteiger partial charge in [0.15, 0.2) is 0 Å². The lowest BCUT2D eigenvalue weighted by Gasteiger charge is -2.44. The molecule has 0 saturated carbocycles. The highest BCUT2D eigenvalue weighted by Gasteiger charge is 2.43. The summed E-state index contributed by atoms with van der Waals surface area (Å²) < 4.78 is 11.6. The van der Waals surface area contributed by atoms with E-state index in [1.807, 2.05) is 20.8 Å². The van der Waals surface area contributed by atoms with Gasteiger partial charge in [-0.05, 0) is 62.9 Å². The zero-order valence-corrected chi connectivity index (χ0v) is 19.8. The number of aliphatic hydroxyl groups excluding tert-OH is 1. The SMILES string of the molecule is CCC(C)(C)C(=O)OC1CC(C)C=C2C=CC(C)C(CCC3CC(O)CC(=O)O3)C21.N. The Morgan fingerprint density at radius 2 is 1.97 bits per heavy atom. The van der Waals surface area contributed by atoms with Crippen LogP contribution in [0.1, 0.15) is 73.1 Å². The van der Waals surface area contributed by atoms with Crippen molar-refractivity contribution in [3.8, 4) is 0 Å². The van der Waals surface area contributed by atoms with Gasteiger partial charge in [0.05, 0.1) is 17.9 Å². The van der Waals surface area contributed by atoms with E-state index < -0.39 is 11.5 Å². The zero-order chi connectivity index (χ0) is 22.1. The molecule has 7 atom stereocenters. The molecule has 6 nitrogen and oxygen atoms in total. The van der Waals surface area contributed by atoms with Crippen molar-refractivity contribution in [1.29, 1.82) is 0 Å². The van der Waals surface area contributed by atoms with E-state index in [4.69, 9.17) is 9.47 Å². The normalized spacial score (nSPS) is 35.4. The van der Waals surface area contributed by atoms with Gasteiger partial charge >= 0.3 is 11.9 Å². The quantitative estimate of drug-likeness (QED) is 0.583. The van der Waals surface area contributed by atoms with E-state index in [1.54, 1.807) is 0 Å². The molecule has 0 amide bonds. The maximum Gasteiger partial charge on any atom is 0.311 e. The van der Waals surface area contributed by atoms with Gasteiger partial charge in [-0.2, -0.15) is 0 Å². The predicted octanol–water partition coefficient (Wildman–Crippen LogP) is 4.75. The Balaban J connectivity index is 0.00000341. The first kappa shape index (κ1) is 25.6. The molecule has 0 radical (unpaired) electrons. The molecule has 1 saturated heterocycles. The third-order valence-corrected chi connectivity index (χ3v) is 7.35. The van der Waals surface area contributed by atoms with E-state index in [1.165, 1.54) is 5.57 Å². The van der Waals surface area contributed by atoms with Gasteiger partial charge in [0.1, 0.15) is 12.2 Å². The lowest BCUT2D eigenvalue weighted by molar-refractivity contribution is -0.166. The highest BCUT2D eigenvalue weighted by molar-refractivity contribution is 5.76. The Kier molecular flexibility index (Phi) is 8.51. The fourth-order valence-electron chi connectivity index (χ4n) is 5.08. The second-order valence-corrected chi connectivity index (χ2v) is 10.3. The molecule has 2 aliphatic carbocycles. The van der Waals surface area contributed by atoms with E-state index in [2.05, 4.69) is 32.1 Å². The van der Waals surface area contributed by atoms with E-state index in [0.29, 0.717) is 24.2 Å². The van der Waals surface area contributed by atoms with Crippen LogP contribution in [0, 0.1) is 29.1 Å². The van der Waals surface area contributed by atoms with Gasteiger partial charge in [-0.1, -0.05) is 39.0 Å². The minimum absolute atomic E-state index is 0. The van der Waals surface area contributed by atoms with E-state index in [0.717, 1.165) is 25.7 Å². The summed E-state index contributed by atoms with van der Waals surface area (Å²) in [5, 5.41) is 9.92. The van der Waals surface area contributed by atoms with Crippen LogP contribution in [0.2, 0.25) is 0 Å². The Hall–Kier alpha value is -1.66. The predicted molar refractivity (Wildman–Crippen MR) is 120 cm³/mol. The topological polar surface area (TPSA) is 108 Å². The molecule has 1 fully saturated rings. The number of carbonyl (C=O) groups is 2. The molecular weight excluding hydrogens is 394 g/mol. The fourth-order valence-corrected chi connectivity index (χ4v) is 5.08. The molecule has 1 aliphatic heterocycles. The van der Waals surface area contributed by atoms with Gasteiger partial charge in [-0.25, -0.2) is 0 Å². The number of hydrogen-bond donors (Lipinski definition) is 2. The van der Waals surface area contributed by atoms with Gasteiger partial charge in [0, 0.05) is 12.3 Å². The third-order valence-electron chi connectivity index (χ3n) is 7.35. The zero-order valence-electron chi connectivity index (χ0n) is 19.8. The van der Waals surface area contributed by atoms with Gasteiger partial charge < -0.3 is 20.7 Å². The van der Waals surface area contributed by atoms with Crippen molar-refractivity contribution in [2.75, 3.05) is 0 Å². The van der Waals surface area contributed by atoms with Crippen molar-refractivity contribution in [2.45, 2.75) is 91.5 Å². The van der Waals surface area contributed by atoms with Crippen molar-refractivity contribution >= 4 is 11.9 Å². The molecule has 31 heavy (non-hydrogen) atoms. The van der Waals surface area contributed by atoms with E-state index >= 15 is 0 Å². The maximum atomic E-state index is 12.9. The van der Waals surface area contributed by atoms with Gasteiger partial charge in [0.2, 0.25) is 0 Å². The van der Waals surface area contributed by atoms with Crippen molar-refractivity contribution < 1.29 is 24.2 Å². The van der Waals surface area contributed by atoms with Crippen molar-refractivity contribution in [2.24, 2.45) is 29.1 Å². The molecular formula is C25H41NO5. The number of esters is 2. The first-order valence-corrected chi connectivity index (χ1v) is 11.6. The number of allylic oxidation sites excluding steroid dienone is 3. The summed E-state index contributed by atoms with van der Waals surface area (Å²) in [7, 11) is 0. The van der Waals surface area contributed by atoms with Crippen molar-refractivity contribution in [1.82, 2.24) is 6.15 Å². The molecule has 0 aromatic carbocycles. The molecule has 0 bridgehead atoms. The molecule has 0 spiro atoms. The Morgan fingerprint density at radius 1 is 1.26 bits per heavy atom. The van der Waals surface area contributed by atoms with Gasteiger partial charge in [-0.15, -0.1) is 0 Å². The van der Waals surface area contributed by atoms with Crippen LogP contribution in [0.4, 0.5) is 0 Å². The number of cyclic esters (lactones) is 1. The highest BCUT2D eigenvalue weighted by Crippen LogP contribution is 2.45. The first-order chi connectivity index (χ1) is 14.1. The van der Waals surface area contributed by atoms with Crippen LogP contribution in [-0.4, -0.2) is 35.4 Å². The number of aliphatic hydroxyl groups is 1. The summed E-state index contributed by atoms with van der Waals surface area (Å²) in [5.41, 5.74) is 0.785. The van der Waals surface area contributed by atoms with Crippen LogP contribution in [0.3, 0.4) is 0 Å². The molecule has 6 heteroatoms. The monoisotopic (exact) mass is 435 g/mol. The Morgan fingerprint density at radius 3 is 2.61 bits per heavy atom. The number of carbonyl (C=O) groups excluding carboxylic acids is 2. The minimum Gasteiger partial charge on any atom is -0.462 e. The van der Waals surface area contributed by atoms with Gasteiger partial charge in [-0.3, -0.25) is 9.59 Å². The average Bonchev–Trinajstić information content (AvgIpc) is 2.66. The number of rotatable bonds is 6. The standard InChI is InChI=1S/C25H38O5.H3N/c1-6-25(4,5)24(28)30-21-12-15(2)11-17-8-7-16(3)20(23(17)21)10-9-19-13-18(26)14-22(27)29-19;/h7-8,11,15-16,18-21,23,26H,6,9-10,12-14H2,1-5H3;1H3. The summed E-state index contributed by atoms with van der Waals surface area (Å²) in [6.45, 7) is 10.3. The second kappa shape index (κ2) is 10.3. The van der Waals surface area contributed by atoms with Crippen LogP contribution in [0.15, 0.2) is 23.8 Å². The number of hydrogen-bond acceptors (Lipinski definition) is 6. The van der Waals surface area contributed by atoms with Crippen LogP contribution < -0.4 is 6.15 Å². The number of fused-ring (bicyclic) bond motifs is 1. The van der Waals surface area contributed by atoms with E-state index in [-0.39, 0.29) is 42.6 Å². The molecule has 3 rings (SSSR count). The molecule has 7 unspecified atom stereocenters. The Bertz CT molecular complexity index is 713. The van der Waals surface area contributed by atoms with E-state index in [9.17, 15) is 14.7 Å². The van der Waals surface area contributed by atoms with Crippen LogP contribution in [-0.2, 0) is 19.1 Å². The molecule has 4 N–H and O–H groups in total. The molecule has 0 aromatic heterocycles. The maximum absolute atomic E-state index is 12.9. The first-order valence-electron chi connectivity index (χ1n) is 11.6. The highest BCUT2D eigenvalue weighted by atomic mass is 16.6. The fraction of sp³-hybridized carbons (Fsp3) is 0.760. The van der Waals surface area contributed by atoms with Gasteiger partial charge in [0.25, 0.3) is 0 Å².